The SMILES string of the molecule is CC.CSc1cc2ccccc2s1. The maximum atomic E-state index is 2.24. The molecule has 2 rings (SSSR count). The summed E-state index contributed by atoms with van der Waals surface area (Å²) < 4.78 is 2.78. The van der Waals surface area contributed by atoms with E-state index in [0.717, 1.165) is 0 Å². The third kappa shape index (κ3) is 2.48. The molecular weight excluding hydrogens is 196 g/mol. The number of hydrogen-bond acceptors (Lipinski definition) is 2. The second-order valence-electron chi connectivity index (χ2n) is 2.31. The Morgan fingerprint density at radius 2 is 1.85 bits per heavy atom. The maximum Gasteiger partial charge on any atom is 0.0608 e. The molecule has 2 heteroatoms. The van der Waals surface area contributed by atoms with E-state index in [4.69, 9.17) is 0 Å². The zero-order valence-electron chi connectivity index (χ0n) is 8.20. The Hall–Kier alpha value is -0.470. The van der Waals surface area contributed by atoms with Crippen LogP contribution >= 0.6 is 23.1 Å². The Morgan fingerprint density at radius 1 is 1.15 bits per heavy atom. The molecule has 0 bridgehead atoms. The minimum Gasteiger partial charge on any atom is -0.129 e. The summed E-state index contributed by atoms with van der Waals surface area (Å²) in [6.45, 7) is 4.00. The molecule has 0 nitrogen and oxygen atoms in total. The number of benzene rings is 1. The number of fused-ring (bicyclic) bond motifs is 1. The van der Waals surface area contributed by atoms with Crippen LogP contribution in [0, 0.1) is 0 Å². The smallest absolute Gasteiger partial charge is 0.0608 e. The van der Waals surface area contributed by atoms with Gasteiger partial charge in [-0.1, -0.05) is 32.0 Å². The average molecular weight is 210 g/mol. The standard InChI is InChI=1S/C9H8S2.C2H6/c1-10-9-6-7-4-2-3-5-8(7)11-9;1-2/h2-6H,1H3;1-2H3. The van der Waals surface area contributed by atoms with Crippen LogP contribution < -0.4 is 0 Å². The summed E-state index contributed by atoms with van der Waals surface area (Å²) in [6, 6.07) is 10.7. The van der Waals surface area contributed by atoms with Crippen molar-refractivity contribution in [1.82, 2.24) is 0 Å². The number of rotatable bonds is 1. The summed E-state index contributed by atoms with van der Waals surface area (Å²) in [5.74, 6) is 0. The summed E-state index contributed by atoms with van der Waals surface area (Å²) >= 11 is 3.67. The molecule has 0 aliphatic heterocycles. The molecule has 0 amide bonds. The number of thioether (sulfide) groups is 1. The van der Waals surface area contributed by atoms with Crippen molar-refractivity contribution in [3.8, 4) is 0 Å². The van der Waals surface area contributed by atoms with Crippen molar-refractivity contribution in [2.24, 2.45) is 0 Å². The summed E-state index contributed by atoms with van der Waals surface area (Å²) in [5, 5.41) is 1.36. The summed E-state index contributed by atoms with van der Waals surface area (Å²) in [5.41, 5.74) is 0. The van der Waals surface area contributed by atoms with Gasteiger partial charge in [0, 0.05) is 4.70 Å². The first-order valence-electron chi connectivity index (χ1n) is 4.43. The van der Waals surface area contributed by atoms with Crippen LogP contribution in [0.25, 0.3) is 10.1 Å². The molecule has 0 fully saturated rings. The molecule has 70 valence electrons. The summed E-state index contributed by atoms with van der Waals surface area (Å²) in [6.07, 6.45) is 2.12. The molecule has 0 aliphatic carbocycles. The molecule has 2 aromatic rings. The first kappa shape index (κ1) is 10.6. The first-order valence-corrected chi connectivity index (χ1v) is 6.47. The van der Waals surface area contributed by atoms with Gasteiger partial charge in [0.25, 0.3) is 0 Å². The molecule has 1 aromatic heterocycles. The quantitative estimate of drug-likeness (QED) is 0.617. The van der Waals surface area contributed by atoms with Crippen LogP contribution in [0.3, 0.4) is 0 Å². The second-order valence-corrected chi connectivity index (χ2v) is 4.50. The predicted octanol–water partition coefficient (Wildman–Crippen LogP) is 4.65. The molecule has 1 heterocycles. The zero-order chi connectivity index (χ0) is 9.68. The van der Waals surface area contributed by atoms with Gasteiger partial charge >= 0.3 is 0 Å². The minimum absolute atomic E-state index is 1.36. The molecular formula is C11H14S2. The maximum absolute atomic E-state index is 2.24. The van der Waals surface area contributed by atoms with E-state index < -0.39 is 0 Å². The van der Waals surface area contributed by atoms with Crippen molar-refractivity contribution >= 4 is 33.2 Å². The van der Waals surface area contributed by atoms with Gasteiger partial charge < -0.3 is 0 Å². The monoisotopic (exact) mass is 210 g/mol. The zero-order valence-corrected chi connectivity index (χ0v) is 9.84. The van der Waals surface area contributed by atoms with Gasteiger partial charge in [-0.15, -0.1) is 23.1 Å². The van der Waals surface area contributed by atoms with Crippen molar-refractivity contribution in [3.05, 3.63) is 30.3 Å². The molecule has 0 saturated heterocycles. The lowest BCUT2D eigenvalue weighted by Crippen LogP contribution is -1.56. The topological polar surface area (TPSA) is 0 Å². The van der Waals surface area contributed by atoms with Gasteiger partial charge in [-0.05, 0) is 23.8 Å². The van der Waals surface area contributed by atoms with Crippen molar-refractivity contribution in [3.63, 3.8) is 0 Å². The minimum atomic E-state index is 1.36. The highest BCUT2D eigenvalue weighted by Crippen LogP contribution is 2.30. The second kappa shape index (κ2) is 5.30. The molecule has 0 atom stereocenters. The van der Waals surface area contributed by atoms with Gasteiger partial charge in [-0.2, -0.15) is 0 Å². The average Bonchev–Trinajstić information content (AvgIpc) is 2.63. The Morgan fingerprint density at radius 3 is 2.46 bits per heavy atom. The lowest BCUT2D eigenvalue weighted by molar-refractivity contribution is 1.50. The van der Waals surface area contributed by atoms with Crippen molar-refractivity contribution < 1.29 is 0 Å². The lowest BCUT2D eigenvalue weighted by atomic mass is 10.3. The van der Waals surface area contributed by atoms with E-state index in [9.17, 15) is 0 Å². The van der Waals surface area contributed by atoms with Crippen molar-refractivity contribution in [2.45, 2.75) is 18.1 Å². The lowest BCUT2D eigenvalue weighted by Gasteiger charge is -1.82. The van der Waals surface area contributed by atoms with Crippen LogP contribution in [0.5, 0.6) is 0 Å². The van der Waals surface area contributed by atoms with E-state index in [-0.39, 0.29) is 0 Å². The molecule has 0 N–H and O–H groups in total. The van der Waals surface area contributed by atoms with Crippen molar-refractivity contribution in [2.75, 3.05) is 6.26 Å². The summed E-state index contributed by atoms with van der Waals surface area (Å²) in [7, 11) is 0. The van der Waals surface area contributed by atoms with Crippen LogP contribution in [0.15, 0.2) is 34.5 Å². The summed E-state index contributed by atoms with van der Waals surface area (Å²) in [4.78, 5) is 0. The molecule has 0 aliphatic rings. The molecule has 1 aromatic carbocycles. The van der Waals surface area contributed by atoms with Crippen LogP contribution in [0.1, 0.15) is 13.8 Å². The third-order valence-electron chi connectivity index (χ3n) is 1.60. The molecule has 0 spiro atoms. The van der Waals surface area contributed by atoms with Crippen LogP contribution in [-0.2, 0) is 0 Å². The predicted molar refractivity (Wildman–Crippen MR) is 65.0 cm³/mol. The molecule has 0 saturated carbocycles. The highest BCUT2D eigenvalue weighted by molar-refractivity contribution is 8.00. The van der Waals surface area contributed by atoms with Crippen LogP contribution in [0.4, 0.5) is 0 Å². The fourth-order valence-corrected chi connectivity index (χ4v) is 2.70. The highest BCUT2D eigenvalue weighted by Gasteiger charge is 1.97. The van der Waals surface area contributed by atoms with Gasteiger partial charge in [-0.3, -0.25) is 0 Å². The molecule has 0 radical (unpaired) electrons. The number of thiophene rings is 1. The van der Waals surface area contributed by atoms with E-state index in [1.165, 1.54) is 14.3 Å². The van der Waals surface area contributed by atoms with E-state index >= 15 is 0 Å². The Kier molecular flexibility index (Phi) is 4.33. The molecule has 0 unspecified atom stereocenters. The van der Waals surface area contributed by atoms with Crippen LogP contribution in [0.2, 0.25) is 0 Å². The third-order valence-corrected chi connectivity index (χ3v) is 3.79. The Balaban J connectivity index is 0.000000396. The van der Waals surface area contributed by atoms with Crippen molar-refractivity contribution in [1.29, 1.82) is 0 Å². The van der Waals surface area contributed by atoms with Gasteiger partial charge in [-0.25, -0.2) is 0 Å². The fourth-order valence-electron chi connectivity index (χ4n) is 1.06. The first-order chi connectivity index (χ1) is 6.40. The van der Waals surface area contributed by atoms with Crippen LogP contribution in [-0.4, -0.2) is 6.26 Å². The van der Waals surface area contributed by atoms with Gasteiger partial charge in [0.2, 0.25) is 0 Å². The fraction of sp³-hybridized carbons (Fsp3) is 0.273. The normalized spacial score (nSPS) is 9.46. The molecule has 13 heavy (non-hydrogen) atoms. The van der Waals surface area contributed by atoms with Gasteiger partial charge in [0.15, 0.2) is 0 Å². The van der Waals surface area contributed by atoms with E-state index in [1.54, 1.807) is 0 Å². The largest absolute Gasteiger partial charge is 0.129 e. The Bertz CT molecular complexity index is 330. The van der Waals surface area contributed by atoms with E-state index in [0.29, 0.717) is 0 Å². The highest BCUT2D eigenvalue weighted by atomic mass is 32.2. The van der Waals surface area contributed by atoms with Gasteiger partial charge in [0.05, 0.1) is 4.21 Å². The van der Waals surface area contributed by atoms with E-state index in [1.807, 2.05) is 36.9 Å². The van der Waals surface area contributed by atoms with Gasteiger partial charge in [0.1, 0.15) is 0 Å². The van der Waals surface area contributed by atoms with E-state index in [2.05, 4.69) is 36.6 Å². The Labute approximate surface area is 88.0 Å². The number of hydrogen-bond donors (Lipinski definition) is 0.